The largest absolute Gasteiger partial charge is 0.495 e. The molecule has 0 amide bonds. The predicted molar refractivity (Wildman–Crippen MR) is 69.8 cm³/mol. The lowest BCUT2D eigenvalue weighted by Gasteiger charge is -2.09. The molecule has 1 heterocycles. The van der Waals surface area contributed by atoms with Crippen LogP contribution >= 0.6 is 0 Å². The number of hydrogen-bond donors (Lipinski definition) is 2. The van der Waals surface area contributed by atoms with Crippen molar-refractivity contribution >= 4 is 22.0 Å². The van der Waals surface area contributed by atoms with Crippen LogP contribution in [-0.4, -0.2) is 36.7 Å². The summed E-state index contributed by atoms with van der Waals surface area (Å²) in [6, 6.07) is 3.08. The summed E-state index contributed by atoms with van der Waals surface area (Å²) >= 11 is 0. The van der Waals surface area contributed by atoms with Crippen LogP contribution < -0.4 is 9.46 Å². The number of aryl methyl sites for hydroxylation is 1. The maximum atomic E-state index is 12.2. The molecule has 0 aliphatic carbocycles. The summed E-state index contributed by atoms with van der Waals surface area (Å²) in [5.41, 5.74) is -0.0977. The smallest absolute Gasteiger partial charge is 0.335 e. The van der Waals surface area contributed by atoms with Crippen molar-refractivity contribution in [2.45, 2.75) is 11.8 Å². The van der Waals surface area contributed by atoms with Crippen molar-refractivity contribution in [2.75, 3.05) is 11.8 Å². The molecule has 21 heavy (non-hydrogen) atoms. The van der Waals surface area contributed by atoms with E-state index in [2.05, 4.69) is 19.4 Å². The topological polar surface area (TPSA) is 132 Å². The third-order valence-corrected chi connectivity index (χ3v) is 3.81. The fourth-order valence-corrected chi connectivity index (χ4v) is 2.61. The minimum Gasteiger partial charge on any atom is -0.495 e. The van der Waals surface area contributed by atoms with Gasteiger partial charge in [-0.3, -0.25) is 0 Å². The monoisotopic (exact) mass is 313 g/mol. The van der Waals surface area contributed by atoms with Crippen LogP contribution in [0.1, 0.15) is 16.2 Å². The molecule has 2 rings (SSSR count). The van der Waals surface area contributed by atoms with E-state index >= 15 is 0 Å². The predicted octanol–water partition coefficient (Wildman–Crippen LogP) is 0.886. The molecule has 0 radical (unpaired) electrons. The fourth-order valence-electron chi connectivity index (χ4n) is 1.53. The van der Waals surface area contributed by atoms with E-state index in [1.165, 1.54) is 14.0 Å². The van der Waals surface area contributed by atoms with Gasteiger partial charge in [-0.2, -0.15) is 4.98 Å². The number of carboxylic acid groups (broad SMARTS) is 1. The van der Waals surface area contributed by atoms with Gasteiger partial charge in [-0.15, -0.1) is 0 Å². The van der Waals surface area contributed by atoms with Crippen molar-refractivity contribution in [3.05, 3.63) is 29.6 Å². The fraction of sp³-hybridized carbons (Fsp3) is 0.182. The zero-order valence-corrected chi connectivity index (χ0v) is 11.8. The molecule has 2 aromatic rings. The molecule has 112 valence electrons. The summed E-state index contributed by atoms with van der Waals surface area (Å²) in [5.74, 6) is -1.04. The first kappa shape index (κ1) is 14.8. The lowest BCUT2D eigenvalue weighted by atomic mass is 10.2. The van der Waals surface area contributed by atoms with Crippen LogP contribution in [0, 0.1) is 6.92 Å². The van der Waals surface area contributed by atoms with E-state index in [0.717, 1.165) is 18.2 Å². The first-order chi connectivity index (χ1) is 9.83. The second-order valence-corrected chi connectivity index (χ2v) is 5.57. The summed E-state index contributed by atoms with van der Waals surface area (Å²) in [4.78, 5) is 14.3. The first-order valence-electron chi connectivity index (χ1n) is 5.58. The number of ether oxygens (including phenoxy) is 1. The van der Waals surface area contributed by atoms with E-state index in [4.69, 9.17) is 9.84 Å². The molecule has 9 nitrogen and oxygen atoms in total. The number of carboxylic acids is 1. The summed E-state index contributed by atoms with van der Waals surface area (Å²) in [7, 11) is -2.82. The van der Waals surface area contributed by atoms with Crippen molar-refractivity contribution < 1.29 is 27.6 Å². The van der Waals surface area contributed by atoms with Crippen LogP contribution in [0.25, 0.3) is 0 Å². The zero-order chi connectivity index (χ0) is 15.6. The van der Waals surface area contributed by atoms with E-state index in [1.54, 1.807) is 0 Å². The maximum Gasteiger partial charge on any atom is 0.335 e. The summed E-state index contributed by atoms with van der Waals surface area (Å²) < 4.78 is 36.1. The van der Waals surface area contributed by atoms with Gasteiger partial charge in [0.1, 0.15) is 10.6 Å². The van der Waals surface area contributed by atoms with E-state index < -0.39 is 16.0 Å². The van der Waals surface area contributed by atoms with Gasteiger partial charge < -0.3 is 14.4 Å². The first-order valence-corrected chi connectivity index (χ1v) is 7.06. The number of nitrogens with one attached hydrogen (secondary N) is 1. The molecule has 0 saturated heterocycles. The highest BCUT2D eigenvalue weighted by molar-refractivity contribution is 7.92. The molecule has 0 saturated carbocycles. The Morgan fingerprint density at radius 2 is 2.14 bits per heavy atom. The molecular formula is C11H11N3O6S. The number of hydrogen-bond acceptors (Lipinski definition) is 7. The van der Waals surface area contributed by atoms with Crippen LogP contribution in [0.2, 0.25) is 0 Å². The van der Waals surface area contributed by atoms with E-state index in [0.29, 0.717) is 0 Å². The normalized spacial score (nSPS) is 11.1. The Morgan fingerprint density at radius 1 is 1.43 bits per heavy atom. The number of carbonyl (C=O) groups is 1. The second kappa shape index (κ2) is 5.40. The van der Waals surface area contributed by atoms with Gasteiger partial charge in [-0.1, -0.05) is 5.16 Å². The Bertz CT molecular complexity index is 783. The number of rotatable bonds is 5. The molecule has 0 atom stereocenters. The number of sulfonamides is 1. The van der Waals surface area contributed by atoms with Gasteiger partial charge in [0.2, 0.25) is 0 Å². The van der Waals surface area contributed by atoms with E-state index in [-0.39, 0.29) is 28.0 Å². The van der Waals surface area contributed by atoms with Crippen LogP contribution in [0.5, 0.6) is 5.75 Å². The highest BCUT2D eigenvalue weighted by Gasteiger charge is 2.23. The number of anilines is 1. The number of aromatic nitrogens is 2. The lowest BCUT2D eigenvalue weighted by Crippen LogP contribution is -2.15. The third-order valence-electron chi connectivity index (χ3n) is 2.45. The quantitative estimate of drug-likeness (QED) is 0.831. The van der Waals surface area contributed by atoms with Crippen LogP contribution in [0.3, 0.4) is 0 Å². The Labute approximate surface area is 119 Å². The van der Waals surface area contributed by atoms with E-state index in [1.807, 2.05) is 0 Å². The van der Waals surface area contributed by atoms with E-state index in [9.17, 15) is 13.2 Å². The second-order valence-electron chi connectivity index (χ2n) is 3.92. The highest BCUT2D eigenvalue weighted by Crippen LogP contribution is 2.26. The van der Waals surface area contributed by atoms with Gasteiger partial charge in [-0.05, 0) is 25.1 Å². The van der Waals surface area contributed by atoms with Gasteiger partial charge in [0.15, 0.2) is 5.82 Å². The van der Waals surface area contributed by atoms with Gasteiger partial charge in [0.25, 0.3) is 10.0 Å². The maximum absolute atomic E-state index is 12.2. The molecule has 10 heteroatoms. The number of methoxy groups -OCH3 is 1. The zero-order valence-electron chi connectivity index (χ0n) is 11.0. The van der Waals surface area contributed by atoms with Crippen molar-refractivity contribution in [1.82, 2.24) is 10.1 Å². The van der Waals surface area contributed by atoms with Gasteiger partial charge in [0.05, 0.1) is 12.7 Å². The Hall–Kier alpha value is -2.62. The van der Waals surface area contributed by atoms with Gasteiger partial charge >= 0.3 is 12.0 Å². The van der Waals surface area contributed by atoms with Crippen molar-refractivity contribution in [3.63, 3.8) is 0 Å². The van der Waals surface area contributed by atoms with Crippen molar-refractivity contribution in [2.24, 2.45) is 0 Å². The average molecular weight is 313 g/mol. The Balaban J connectivity index is 2.42. The van der Waals surface area contributed by atoms with Crippen molar-refractivity contribution in [1.29, 1.82) is 0 Å². The van der Waals surface area contributed by atoms with Crippen LogP contribution in [0.15, 0.2) is 27.6 Å². The van der Waals surface area contributed by atoms with Crippen LogP contribution in [-0.2, 0) is 10.0 Å². The highest BCUT2D eigenvalue weighted by atomic mass is 32.2. The number of aromatic carboxylic acids is 1. The third kappa shape index (κ3) is 3.11. The minimum atomic E-state index is -4.05. The molecule has 0 fully saturated rings. The average Bonchev–Trinajstić information content (AvgIpc) is 2.82. The molecule has 0 aliphatic rings. The molecule has 0 unspecified atom stereocenters. The minimum absolute atomic E-state index is 0.0977. The standard InChI is InChI=1S/C11H11N3O6S/c1-6-12-11(20-13-6)14-21(17,18)9-4-3-7(10(15)16)5-8(9)19-2/h3-5H,1-2H3,(H,15,16)(H,12,13,14). The molecule has 0 bridgehead atoms. The SMILES string of the molecule is COc1cc(C(=O)O)ccc1S(=O)(=O)Nc1nc(C)no1. The summed E-state index contributed by atoms with van der Waals surface area (Å²) in [5, 5.41) is 12.3. The Kier molecular flexibility index (Phi) is 3.80. The summed E-state index contributed by atoms with van der Waals surface area (Å²) in [6.45, 7) is 1.53. The number of nitrogens with zero attached hydrogens (tertiary/aromatic N) is 2. The Morgan fingerprint density at radius 3 is 2.67 bits per heavy atom. The van der Waals surface area contributed by atoms with Crippen LogP contribution in [0.4, 0.5) is 6.01 Å². The van der Waals surface area contributed by atoms with Gasteiger partial charge in [0, 0.05) is 0 Å². The molecule has 1 aromatic carbocycles. The molecule has 2 N–H and O–H groups in total. The lowest BCUT2D eigenvalue weighted by molar-refractivity contribution is 0.0696. The molecule has 1 aromatic heterocycles. The molecule has 0 spiro atoms. The summed E-state index contributed by atoms with van der Waals surface area (Å²) in [6.07, 6.45) is 0. The van der Waals surface area contributed by atoms with Gasteiger partial charge in [-0.25, -0.2) is 17.9 Å². The molecule has 0 aliphatic heterocycles. The van der Waals surface area contributed by atoms with Crippen molar-refractivity contribution in [3.8, 4) is 5.75 Å². The molecular weight excluding hydrogens is 302 g/mol. The number of benzene rings is 1.